The van der Waals surface area contributed by atoms with E-state index in [2.05, 4.69) is 36.5 Å². The van der Waals surface area contributed by atoms with Crippen LogP contribution in [0, 0.1) is 6.92 Å². The molecule has 0 radical (unpaired) electrons. The Morgan fingerprint density at radius 2 is 1.70 bits per heavy atom. The molecule has 3 heteroatoms. The van der Waals surface area contributed by atoms with Gasteiger partial charge in [-0.25, -0.2) is 0 Å². The average Bonchev–Trinajstić information content (AvgIpc) is 2.45. The van der Waals surface area contributed by atoms with Gasteiger partial charge in [-0.15, -0.1) is 0 Å². The molecule has 0 aliphatic heterocycles. The quantitative estimate of drug-likeness (QED) is 0.801. The number of benzene rings is 2. The molecule has 0 heterocycles. The summed E-state index contributed by atoms with van der Waals surface area (Å²) in [6.07, 6.45) is 2.06. The van der Waals surface area contributed by atoms with Crippen molar-refractivity contribution in [2.24, 2.45) is 0 Å². The molecule has 2 aromatic rings. The van der Waals surface area contributed by atoms with E-state index in [0.717, 1.165) is 12.8 Å². The van der Waals surface area contributed by atoms with Crippen LogP contribution in [0.4, 0.5) is 0 Å². The summed E-state index contributed by atoms with van der Waals surface area (Å²) < 4.78 is 0. The van der Waals surface area contributed by atoms with Crippen molar-refractivity contribution in [2.45, 2.75) is 25.8 Å². The lowest BCUT2D eigenvalue weighted by Crippen LogP contribution is -2.17. The predicted octanol–water partition coefficient (Wildman–Crippen LogP) is 5.20. The molecular weight excluding hydrogens is 289 g/mol. The van der Waals surface area contributed by atoms with E-state index >= 15 is 0 Å². The maximum atomic E-state index is 6.09. The summed E-state index contributed by atoms with van der Waals surface area (Å²) in [4.78, 5) is 0. The van der Waals surface area contributed by atoms with Crippen molar-refractivity contribution in [3.05, 3.63) is 69.2 Å². The number of rotatable bonds is 5. The van der Waals surface area contributed by atoms with Crippen molar-refractivity contribution in [2.75, 3.05) is 7.05 Å². The molecule has 0 saturated heterocycles. The fraction of sp³-hybridized carbons (Fsp3) is 0.294. The van der Waals surface area contributed by atoms with Gasteiger partial charge in [0.05, 0.1) is 10.0 Å². The Labute approximate surface area is 130 Å². The van der Waals surface area contributed by atoms with Gasteiger partial charge in [-0.2, -0.15) is 0 Å². The van der Waals surface area contributed by atoms with Gasteiger partial charge in [0.15, 0.2) is 0 Å². The topological polar surface area (TPSA) is 12.0 Å². The number of aryl methyl sites for hydroxylation is 2. The highest BCUT2D eigenvalue weighted by Crippen LogP contribution is 2.27. The van der Waals surface area contributed by atoms with E-state index in [4.69, 9.17) is 23.2 Å². The minimum Gasteiger partial charge on any atom is -0.313 e. The number of nitrogens with one attached hydrogen (secondary N) is 1. The number of hydrogen-bond donors (Lipinski definition) is 1. The summed E-state index contributed by atoms with van der Waals surface area (Å²) in [5.41, 5.74) is 3.83. The Kier molecular flexibility index (Phi) is 5.47. The molecule has 1 atom stereocenters. The standard InChI is InChI=1S/C17H19Cl2N/c1-12-3-5-13(6-4-12)7-10-17(20-2)14-8-9-15(18)16(19)11-14/h3-6,8-9,11,17,20H,7,10H2,1-2H3. The molecule has 1 nitrogen and oxygen atoms in total. The van der Waals surface area contributed by atoms with Crippen LogP contribution in [0.15, 0.2) is 42.5 Å². The van der Waals surface area contributed by atoms with E-state index in [1.807, 2.05) is 25.2 Å². The normalized spacial score (nSPS) is 12.4. The molecule has 0 saturated carbocycles. The van der Waals surface area contributed by atoms with Gasteiger partial charge in [-0.1, -0.05) is 59.1 Å². The van der Waals surface area contributed by atoms with E-state index in [1.54, 1.807) is 0 Å². The Morgan fingerprint density at radius 3 is 2.30 bits per heavy atom. The first kappa shape index (κ1) is 15.4. The molecule has 1 N–H and O–H groups in total. The van der Waals surface area contributed by atoms with Crippen LogP contribution in [0.3, 0.4) is 0 Å². The molecule has 106 valence electrons. The van der Waals surface area contributed by atoms with E-state index in [1.165, 1.54) is 16.7 Å². The summed E-state index contributed by atoms with van der Waals surface area (Å²) in [7, 11) is 1.97. The van der Waals surface area contributed by atoms with Crippen LogP contribution >= 0.6 is 23.2 Å². The Hall–Kier alpha value is -1.02. The fourth-order valence-electron chi connectivity index (χ4n) is 2.27. The van der Waals surface area contributed by atoms with Gasteiger partial charge in [-0.05, 0) is 50.1 Å². The third-order valence-corrected chi connectivity index (χ3v) is 4.28. The zero-order valence-electron chi connectivity index (χ0n) is 11.8. The number of hydrogen-bond acceptors (Lipinski definition) is 1. The van der Waals surface area contributed by atoms with Crippen molar-refractivity contribution in [1.82, 2.24) is 5.32 Å². The zero-order valence-corrected chi connectivity index (χ0v) is 13.3. The van der Waals surface area contributed by atoms with Gasteiger partial charge in [0.1, 0.15) is 0 Å². The molecule has 2 rings (SSSR count). The Bertz CT molecular complexity index is 564. The summed E-state index contributed by atoms with van der Waals surface area (Å²) in [6.45, 7) is 2.11. The Morgan fingerprint density at radius 1 is 1.00 bits per heavy atom. The molecule has 0 aromatic heterocycles. The van der Waals surface area contributed by atoms with Gasteiger partial charge in [-0.3, -0.25) is 0 Å². The first-order valence-electron chi connectivity index (χ1n) is 6.78. The molecule has 0 spiro atoms. The average molecular weight is 308 g/mol. The minimum atomic E-state index is 0.283. The van der Waals surface area contributed by atoms with Crippen molar-refractivity contribution < 1.29 is 0 Å². The van der Waals surface area contributed by atoms with Crippen LogP contribution in [0.25, 0.3) is 0 Å². The monoisotopic (exact) mass is 307 g/mol. The molecule has 2 aromatic carbocycles. The third kappa shape index (κ3) is 3.99. The summed E-state index contributed by atoms with van der Waals surface area (Å²) in [5, 5.41) is 4.56. The van der Waals surface area contributed by atoms with Crippen LogP contribution in [0.5, 0.6) is 0 Å². The van der Waals surface area contributed by atoms with Crippen molar-refractivity contribution in [3.8, 4) is 0 Å². The second kappa shape index (κ2) is 7.12. The van der Waals surface area contributed by atoms with Gasteiger partial charge < -0.3 is 5.32 Å². The van der Waals surface area contributed by atoms with Crippen LogP contribution in [0.2, 0.25) is 10.0 Å². The molecule has 0 aliphatic carbocycles. The molecule has 0 bridgehead atoms. The summed E-state index contributed by atoms with van der Waals surface area (Å²) >= 11 is 12.1. The maximum absolute atomic E-state index is 6.09. The molecular formula is C17H19Cl2N. The van der Waals surface area contributed by atoms with E-state index < -0.39 is 0 Å². The molecule has 0 aliphatic rings. The minimum absolute atomic E-state index is 0.283. The Balaban J connectivity index is 2.05. The maximum Gasteiger partial charge on any atom is 0.0595 e. The van der Waals surface area contributed by atoms with Crippen LogP contribution < -0.4 is 5.32 Å². The smallest absolute Gasteiger partial charge is 0.0595 e. The van der Waals surface area contributed by atoms with Gasteiger partial charge in [0, 0.05) is 6.04 Å². The van der Waals surface area contributed by atoms with Crippen molar-refractivity contribution >= 4 is 23.2 Å². The van der Waals surface area contributed by atoms with Gasteiger partial charge in [0.2, 0.25) is 0 Å². The second-order valence-corrected chi connectivity index (χ2v) is 5.85. The molecule has 0 amide bonds. The fourth-order valence-corrected chi connectivity index (χ4v) is 2.58. The zero-order chi connectivity index (χ0) is 14.5. The second-order valence-electron chi connectivity index (χ2n) is 5.04. The lowest BCUT2D eigenvalue weighted by atomic mass is 9.98. The largest absolute Gasteiger partial charge is 0.313 e. The summed E-state index contributed by atoms with van der Waals surface area (Å²) in [5.74, 6) is 0. The molecule has 1 unspecified atom stereocenters. The first-order chi connectivity index (χ1) is 9.60. The highest BCUT2D eigenvalue weighted by atomic mass is 35.5. The summed E-state index contributed by atoms with van der Waals surface area (Å²) in [6, 6.07) is 14.8. The van der Waals surface area contributed by atoms with Crippen molar-refractivity contribution in [3.63, 3.8) is 0 Å². The highest BCUT2D eigenvalue weighted by Gasteiger charge is 2.11. The first-order valence-corrected chi connectivity index (χ1v) is 7.53. The number of halogens is 2. The molecule has 20 heavy (non-hydrogen) atoms. The highest BCUT2D eigenvalue weighted by molar-refractivity contribution is 6.42. The van der Waals surface area contributed by atoms with Crippen LogP contribution in [0.1, 0.15) is 29.2 Å². The van der Waals surface area contributed by atoms with Crippen LogP contribution in [-0.4, -0.2) is 7.05 Å². The van der Waals surface area contributed by atoms with Crippen molar-refractivity contribution in [1.29, 1.82) is 0 Å². The molecule has 0 fully saturated rings. The predicted molar refractivity (Wildman–Crippen MR) is 87.8 cm³/mol. The SMILES string of the molecule is CNC(CCc1ccc(C)cc1)c1ccc(Cl)c(Cl)c1. The van der Waals surface area contributed by atoms with E-state index in [9.17, 15) is 0 Å². The third-order valence-electron chi connectivity index (χ3n) is 3.54. The van der Waals surface area contributed by atoms with Gasteiger partial charge >= 0.3 is 0 Å². The lowest BCUT2D eigenvalue weighted by molar-refractivity contribution is 0.549. The van der Waals surface area contributed by atoms with E-state index in [-0.39, 0.29) is 6.04 Å². The van der Waals surface area contributed by atoms with Crippen LogP contribution in [-0.2, 0) is 6.42 Å². The lowest BCUT2D eigenvalue weighted by Gasteiger charge is -2.17. The van der Waals surface area contributed by atoms with E-state index in [0.29, 0.717) is 10.0 Å². The van der Waals surface area contributed by atoms with Gasteiger partial charge in [0.25, 0.3) is 0 Å².